The average Bonchev–Trinajstić information content (AvgIpc) is 2.63. The first-order valence-electron chi connectivity index (χ1n) is 7.25. The third-order valence-electron chi connectivity index (χ3n) is 3.24. The van der Waals surface area contributed by atoms with E-state index in [1.54, 1.807) is 30.6 Å². The van der Waals surface area contributed by atoms with E-state index < -0.39 is 0 Å². The van der Waals surface area contributed by atoms with Crippen molar-refractivity contribution in [3.05, 3.63) is 76.7 Å². The van der Waals surface area contributed by atoms with Crippen molar-refractivity contribution in [2.45, 2.75) is 6.54 Å². The Bertz CT molecular complexity index is 824. The van der Waals surface area contributed by atoms with Crippen molar-refractivity contribution in [1.82, 2.24) is 15.2 Å². The first-order valence-corrected chi connectivity index (χ1v) is 8.04. The minimum atomic E-state index is -0.310. The monoisotopic (exact) mass is 383 g/mol. The van der Waals surface area contributed by atoms with Crippen LogP contribution in [-0.2, 0) is 6.54 Å². The summed E-state index contributed by atoms with van der Waals surface area (Å²) in [6, 6.07) is 14.6. The van der Waals surface area contributed by atoms with Gasteiger partial charge in [0.05, 0.1) is 5.69 Å². The number of carbonyl (C=O) groups is 1. The van der Waals surface area contributed by atoms with Crippen molar-refractivity contribution in [3.63, 3.8) is 0 Å². The molecule has 0 saturated heterocycles. The van der Waals surface area contributed by atoms with Crippen LogP contribution in [0.25, 0.3) is 0 Å². The first kappa shape index (κ1) is 16.1. The molecule has 0 spiro atoms. The number of amides is 1. The first-order chi connectivity index (χ1) is 11.7. The van der Waals surface area contributed by atoms with Crippen LogP contribution in [0, 0.1) is 0 Å². The number of nitrogens with one attached hydrogen (secondary N) is 2. The molecular formula is C17H14BrN5O. The zero-order valence-corrected chi connectivity index (χ0v) is 14.2. The SMILES string of the molecule is O=C(Nc1ccccc1Br)c1ccc(NCc2ccncc2)nn1. The van der Waals surface area contributed by atoms with Crippen LogP contribution in [0.4, 0.5) is 11.5 Å². The highest BCUT2D eigenvalue weighted by Gasteiger charge is 2.10. The Balaban J connectivity index is 1.61. The number of hydrogen-bond acceptors (Lipinski definition) is 5. The molecule has 24 heavy (non-hydrogen) atoms. The fraction of sp³-hybridized carbons (Fsp3) is 0.0588. The van der Waals surface area contributed by atoms with Gasteiger partial charge in [-0.2, -0.15) is 0 Å². The molecule has 0 unspecified atom stereocenters. The Kier molecular flexibility index (Phi) is 5.12. The van der Waals surface area contributed by atoms with Crippen LogP contribution in [0.3, 0.4) is 0 Å². The van der Waals surface area contributed by atoms with Gasteiger partial charge in [0.1, 0.15) is 5.82 Å². The lowest BCUT2D eigenvalue weighted by Crippen LogP contribution is -2.15. The summed E-state index contributed by atoms with van der Waals surface area (Å²) < 4.78 is 0.807. The maximum absolute atomic E-state index is 12.2. The molecule has 0 fully saturated rings. The molecule has 6 nitrogen and oxygen atoms in total. The summed E-state index contributed by atoms with van der Waals surface area (Å²) in [4.78, 5) is 16.2. The molecule has 0 atom stereocenters. The topological polar surface area (TPSA) is 79.8 Å². The van der Waals surface area contributed by atoms with Gasteiger partial charge in [-0.3, -0.25) is 9.78 Å². The Hall–Kier alpha value is -2.80. The van der Waals surface area contributed by atoms with Gasteiger partial charge < -0.3 is 10.6 Å². The van der Waals surface area contributed by atoms with Gasteiger partial charge in [0.15, 0.2) is 5.69 Å². The zero-order chi connectivity index (χ0) is 16.8. The van der Waals surface area contributed by atoms with E-state index in [-0.39, 0.29) is 11.6 Å². The van der Waals surface area contributed by atoms with E-state index in [0.29, 0.717) is 18.1 Å². The Morgan fingerprint density at radius 2 is 1.79 bits per heavy atom. The molecule has 0 bridgehead atoms. The van der Waals surface area contributed by atoms with Crippen LogP contribution in [0.15, 0.2) is 65.4 Å². The third kappa shape index (κ3) is 4.14. The second-order valence-corrected chi connectivity index (χ2v) is 5.80. The number of nitrogens with zero attached hydrogens (tertiary/aromatic N) is 3. The van der Waals surface area contributed by atoms with E-state index in [9.17, 15) is 4.79 Å². The van der Waals surface area contributed by atoms with Crippen molar-refractivity contribution in [1.29, 1.82) is 0 Å². The fourth-order valence-corrected chi connectivity index (χ4v) is 2.37. The van der Waals surface area contributed by atoms with Crippen LogP contribution in [0.2, 0.25) is 0 Å². The molecule has 0 aliphatic carbocycles. The molecule has 3 rings (SSSR count). The summed E-state index contributed by atoms with van der Waals surface area (Å²) in [5, 5.41) is 13.9. The summed E-state index contributed by atoms with van der Waals surface area (Å²) in [6.45, 7) is 0.611. The molecule has 2 N–H and O–H groups in total. The molecule has 2 heterocycles. The number of para-hydroxylation sites is 1. The molecule has 0 radical (unpaired) electrons. The van der Waals surface area contributed by atoms with Crippen LogP contribution in [0.1, 0.15) is 16.1 Å². The quantitative estimate of drug-likeness (QED) is 0.704. The average molecular weight is 384 g/mol. The minimum absolute atomic E-state index is 0.250. The number of carbonyl (C=O) groups excluding carboxylic acids is 1. The zero-order valence-electron chi connectivity index (χ0n) is 12.6. The molecular weight excluding hydrogens is 370 g/mol. The predicted octanol–water partition coefficient (Wildman–Crippen LogP) is 3.50. The highest BCUT2D eigenvalue weighted by Crippen LogP contribution is 2.21. The molecule has 2 aromatic heterocycles. The molecule has 1 amide bonds. The third-order valence-corrected chi connectivity index (χ3v) is 3.93. The van der Waals surface area contributed by atoms with Gasteiger partial charge in [-0.15, -0.1) is 10.2 Å². The minimum Gasteiger partial charge on any atom is -0.365 e. The number of halogens is 1. The van der Waals surface area contributed by atoms with Gasteiger partial charge in [-0.05, 0) is 57.9 Å². The number of rotatable bonds is 5. The normalized spacial score (nSPS) is 10.2. The summed E-state index contributed by atoms with van der Waals surface area (Å²) in [6.07, 6.45) is 3.47. The summed E-state index contributed by atoms with van der Waals surface area (Å²) in [5.41, 5.74) is 2.02. The molecule has 0 aliphatic rings. The Labute approximate surface area is 147 Å². The van der Waals surface area contributed by atoms with E-state index in [1.165, 1.54) is 0 Å². The Morgan fingerprint density at radius 3 is 2.50 bits per heavy atom. The molecule has 3 aromatic rings. The summed E-state index contributed by atoms with van der Waals surface area (Å²) in [7, 11) is 0. The fourth-order valence-electron chi connectivity index (χ4n) is 1.99. The van der Waals surface area contributed by atoms with Crippen molar-refractivity contribution in [2.24, 2.45) is 0 Å². The molecule has 0 aliphatic heterocycles. The predicted molar refractivity (Wildman–Crippen MR) is 95.7 cm³/mol. The number of hydrogen-bond donors (Lipinski definition) is 2. The van der Waals surface area contributed by atoms with Gasteiger partial charge in [0.2, 0.25) is 0 Å². The Morgan fingerprint density at radius 1 is 1.00 bits per heavy atom. The standard InChI is InChI=1S/C17H14BrN5O/c18-13-3-1-2-4-14(13)21-17(24)15-5-6-16(23-22-15)20-11-12-7-9-19-10-8-12/h1-10H,11H2,(H,20,23)(H,21,24). The van der Waals surface area contributed by atoms with Gasteiger partial charge in [0, 0.05) is 23.4 Å². The number of pyridine rings is 1. The largest absolute Gasteiger partial charge is 0.365 e. The van der Waals surface area contributed by atoms with Gasteiger partial charge in [-0.1, -0.05) is 12.1 Å². The lowest BCUT2D eigenvalue weighted by atomic mass is 10.2. The van der Waals surface area contributed by atoms with E-state index in [4.69, 9.17) is 0 Å². The van der Waals surface area contributed by atoms with Gasteiger partial charge in [0.25, 0.3) is 5.91 Å². The molecule has 7 heteroatoms. The maximum atomic E-state index is 12.2. The van der Waals surface area contributed by atoms with Crippen LogP contribution < -0.4 is 10.6 Å². The van der Waals surface area contributed by atoms with Crippen LogP contribution in [0.5, 0.6) is 0 Å². The molecule has 1 aromatic carbocycles. The molecule has 0 saturated carbocycles. The number of benzene rings is 1. The van der Waals surface area contributed by atoms with Crippen LogP contribution in [-0.4, -0.2) is 21.1 Å². The smallest absolute Gasteiger partial charge is 0.276 e. The van der Waals surface area contributed by atoms with Crippen molar-refractivity contribution < 1.29 is 4.79 Å². The highest BCUT2D eigenvalue weighted by atomic mass is 79.9. The van der Waals surface area contributed by atoms with E-state index in [1.807, 2.05) is 30.3 Å². The second kappa shape index (κ2) is 7.65. The van der Waals surface area contributed by atoms with Crippen molar-refractivity contribution >= 4 is 33.3 Å². The van der Waals surface area contributed by atoms with E-state index in [2.05, 4.69) is 41.7 Å². The number of anilines is 2. The maximum Gasteiger partial charge on any atom is 0.276 e. The summed E-state index contributed by atoms with van der Waals surface area (Å²) in [5.74, 6) is 0.291. The van der Waals surface area contributed by atoms with Gasteiger partial charge >= 0.3 is 0 Å². The lowest BCUT2D eigenvalue weighted by Gasteiger charge is -2.07. The van der Waals surface area contributed by atoms with Crippen LogP contribution >= 0.6 is 15.9 Å². The van der Waals surface area contributed by atoms with E-state index in [0.717, 1.165) is 10.0 Å². The van der Waals surface area contributed by atoms with Crippen molar-refractivity contribution in [2.75, 3.05) is 10.6 Å². The number of aromatic nitrogens is 3. The molecule has 120 valence electrons. The summed E-state index contributed by atoms with van der Waals surface area (Å²) >= 11 is 3.39. The second-order valence-electron chi connectivity index (χ2n) is 4.95. The van der Waals surface area contributed by atoms with E-state index >= 15 is 0 Å². The van der Waals surface area contributed by atoms with Crippen molar-refractivity contribution in [3.8, 4) is 0 Å². The van der Waals surface area contributed by atoms with Gasteiger partial charge in [-0.25, -0.2) is 0 Å². The highest BCUT2D eigenvalue weighted by molar-refractivity contribution is 9.10. The lowest BCUT2D eigenvalue weighted by molar-refractivity contribution is 0.102.